The average molecular weight is 293 g/mol. The summed E-state index contributed by atoms with van der Waals surface area (Å²) in [5.41, 5.74) is -0.699. The number of carbonyl (C=O) groups is 1. The number of nitrogens with zero attached hydrogens (tertiary/aromatic N) is 4. The van der Waals surface area contributed by atoms with Crippen LogP contribution in [-0.2, 0) is 0 Å². The Morgan fingerprint density at radius 1 is 1.33 bits per heavy atom. The summed E-state index contributed by atoms with van der Waals surface area (Å²) in [5.74, 6) is 1.51. The maximum atomic E-state index is 12.4. The van der Waals surface area contributed by atoms with Crippen molar-refractivity contribution in [1.82, 2.24) is 25.0 Å². The Kier molecular flexibility index (Phi) is 3.71. The maximum absolute atomic E-state index is 12.4. The van der Waals surface area contributed by atoms with Gasteiger partial charge in [-0.2, -0.15) is 0 Å². The van der Waals surface area contributed by atoms with Gasteiger partial charge in [0.25, 0.3) is 5.91 Å². The van der Waals surface area contributed by atoms with Gasteiger partial charge in [-0.25, -0.2) is 4.98 Å². The number of β-amino-alcohol motifs (C(OH)–C–C–N with tert-alkyl or cyclic N) is 1. The molecule has 1 saturated heterocycles. The lowest BCUT2D eigenvalue weighted by atomic mass is 10.1. The standard InChI is InChI=1S/C14H23N5O2/c1-14(2,21)9-18-5-7-19(8-6-18)13(20)12-15-11(16-17-12)10-3-4-10/h10,21H,3-9H2,1-2H3,(H,15,16,17). The van der Waals surface area contributed by atoms with E-state index in [2.05, 4.69) is 20.1 Å². The normalized spacial score (nSPS) is 20.8. The Labute approximate surface area is 124 Å². The topological polar surface area (TPSA) is 85.4 Å². The molecule has 3 rings (SSSR count). The van der Waals surface area contributed by atoms with Gasteiger partial charge in [0, 0.05) is 38.6 Å². The van der Waals surface area contributed by atoms with Gasteiger partial charge in [-0.1, -0.05) is 0 Å². The van der Waals surface area contributed by atoms with Crippen molar-refractivity contribution < 1.29 is 9.90 Å². The minimum atomic E-state index is -0.699. The third-order valence-electron chi connectivity index (χ3n) is 3.93. The zero-order chi connectivity index (χ0) is 15.0. The van der Waals surface area contributed by atoms with Crippen LogP contribution in [0, 0.1) is 0 Å². The molecule has 0 bridgehead atoms. The number of rotatable bonds is 4. The fraction of sp³-hybridized carbons (Fsp3) is 0.786. The zero-order valence-corrected chi connectivity index (χ0v) is 12.7. The molecule has 21 heavy (non-hydrogen) atoms. The van der Waals surface area contributed by atoms with Gasteiger partial charge in [-0.3, -0.25) is 14.8 Å². The molecule has 116 valence electrons. The summed E-state index contributed by atoms with van der Waals surface area (Å²) in [5, 5.41) is 16.8. The second-order valence-corrected chi connectivity index (χ2v) is 6.70. The Bertz CT molecular complexity index is 510. The maximum Gasteiger partial charge on any atom is 0.293 e. The molecule has 0 aromatic carbocycles. The van der Waals surface area contributed by atoms with Crippen molar-refractivity contribution in [2.75, 3.05) is 32.7 Å². The highest BCUT2D eigenvalue weighted by atomic mass is 16.3. The van der Waals surface area contributed by atoms with E-state index in [1.807, 2.05) is 0 Å². The molecule has 0 radical (unpaired) electrons. The smallest absolute Gasteiger partial charge is 0.293 e. The number of carbonyl (C=O) groups excluding carboxylic acids is 1. The van der Waals surface area contributed by atoms with Crippen molar-refractivity contribution in [2.24, 2.45) is 0 Å². The monoisotopic (exact) mass is 293 g/mol. The molecule has 1 aromatic rings. The molecular weight excluding hydrogens is 270 g/mol. The van der Waals surface area contributed by atoms with E-state index in [9.17, 15) is 9.90 Å². The van der Waals surface area contributed by atoms with E-state index < -0.39 is 5.60 Å². The largest absolute Gasteiger partial charge is 0.389 e. The Morgan fingerprint density at radius 3 is 2.57 bits per heavy atom. The van der Waals surface area contributed by atoms with Gasteiger partial charge < -0.3 is 10.0 Å². The molecule has 1 aliphatic heterocycles. The summed E-state index contributed by atoms with van der Waals surface area (Å²) in [6.07, 6.45) is 2.27. The van der Waals surface area contributed by atoms with Gasteiger partial charge in [0.05, 0.1) is 5.60 Å². The molecule has 1 aromatic heterocycles. The number of amides is 1. The summed E-state index contributed by atoms with van der Waals surface area (Å²) in [4.78, 5) is 20.6. The van der Waals surface area contributed by atoms with Crippen LogP contribution < -0.4 is 0 Å². The summed E-state index contributed by atoms with van der Waals surface area (Å²) >= 11 is 0. The van der Waals surface area contributed by atoms with E-state index >= 15 is 0 Å². The summed E-state index contributed by atoms with van der Waals surface area (Å²) in [6, 6.07) is 0. The number of hydrogen-bond acceptors (Lipinski definition) is 5. The Balaban J connectivity index is 1.54. The lowest BCUT2D eigenvalue weighted by Gasteiger charge is -2.36. The van der Waals surface area contributed by atoms with Crippen LogP contribution in [0.3, 0.4) is 0 Å². The van der Waals surface area contributed by atoms with E-state index in [1.165, 1.54) is 0 Å². The van der Waals surface area contributed by atoms with Crippen LogP contribution in [0.15, 0.2) is 0 Å². The molecule has 1 saturated carbocycles. The first-order chi connectivity index (χ1) is 9.92. The average Bonchev–Trinajstić information content (AvgIpc) is 3.15. The molecule has 2 aliphatic rings. The molecule has 0 unspecified atom stereocenters. The molecular formula is C14H23N5O2. The third-order valence-corrected chi connectivity index (χ3v) is 3.93. The fourth-order valence-corrected chi connectivity index (χ4v) is 2.71. The number of aromatic amines is 1. The molecule has 1 aliphatic carbocycles. The summed E-state index contributed by atoms with van der Waals surface area (Å²) in [7, 11) is 0. The van der Waals surface area contributed by atoms with E-state index in [1.54, 1.807) is 18.7 Å². The number of hydrogen-bond donors (Lipinski definition) is 2. The van der Waals surface area contributed by atoms with E-state index in [0.29, 0.717) is 25.6 Å². The van der Waals surface area contributed by atoms with Crippen LogP contribution in [0.25, 0.3) is 0 Å². The van der Waals surface area contributed by atoms with Crippen LogP contribution in [0.4, 0.5) is 0 Å². The lowest BCUT2D eigenvalue weighted by Crippen LogP contribution is -2.52. The first-order valence-electron chi connectivity index (χ1n) is 7.59. The highest BCUT2D eigenvalue weighted by Crippen LogP contribution is 2.37. The molecule has 0 spiro atoms. The van der Waals surface area contributed by atoms with Crippen molar-refractivity contribution in [3.63, 3.8) is 0 Å². The summed E-state index contributed by atoms with van der Waals surface area (Å²) in [6.45, 7) is 7.09. The number of aliphatic hydroxyl groups is 1. The minimum Gasteiger partial charge on any atom is -0.389 e. The van der Waals surface area contributed by atoms with Crippen molar-refractivity contribution in [3.8, 4) is 0 Å². The molecule has 7 heteroatoms. The van der Waals surface area contributed by atoms with Gasteiger partial charge in [0.2, 0.25) is 5.82 Å². The molecule has 1 amide bonds. The van der Waals surface area contributed by atoms with Gasteiger partial charge in [0.1, 0.15) is 5.82 Å². The summed E-state index contributed by atoms with van der Waals surface area (Å²) < 4.78 is 0. The van der Waals surface area contributed by atoms with Crippen LogP contribution in [0.2, 0.25) is 0 Å². The van der Waals surface area contributed by atoms with Crippen LogP contribution in [-0.4, -0.2) is 74.3 Å². The van der Waals surface area contributed by atoms with Crippen molar-refractivity contribution in [3.05, 3.63) is 11.6 Å². The predicted molar refractivity (Wildman–Crippen MR) is 77.0 cm³/mol. The number of piperazine rings is 1. The Hall–Kier alpha value is -1.47. The van der Waals surface area contributed by atoms with Crippen molar-refractivity contribution in [1.29, 1.82) is 0 Å². The molecule has 2 N–H and O–H groups in total. The Morgan fingerprint density at radius 2 is 2.00 bits per heavy atom. The number of H-pyrrole nitrogens is 1. The predicted octanol–water partition coefficient (Wildman–Crippen LogP) is 0.211. The lowest BCUT2D eigenvalue weighted by molar-refractivity contribution is 0.0176. The van der Waals surface area contributed by atoms with Crippen LogP contribution in [0.1, 0.15) is 49.1 Å². The zero-order valence-electron chi connectivity index (χ0n) is 12.7. The minimum absolute atomic E-state index is 0.0962. The SMILES string of the molecule is CC(C)(O)CN1CCN(C(=O)c2n[nH]c(C3CC3)n2)CC1. The highest BCUT2D eigenvalue weighted by molar-refractivity contribution is 5.90. The number of nitrogens with one attached hydrogen (secondary N) is 1. The van der Waals surface area contributed by atoms with Crippen LogP contribution >= 0.6 is 0 Å². The highest BCUT2D eigenvalue weighted by Gasteiger charge is 2.30. The first-order valence-corrected chi connectivity index (χ1v) is 7.59. The van der Waals surface area contributed by atoms with Gasteiger partial charge in [0.15, 0.2) is 0 Å². The molecule has 2 fully saturated rings. The van der Waals surface area contributed by atoms with Crippen molar-refractivity contribution >= 4 is 5.91 Å². The fourth-order valence-electron chi connectivity index (χ4n) is 2.71. The number of aromatic nitrogens is 3. The molecule has 0 atom stereocenters. The van der Waals surface area contributed by atoms with Crippen molar-refractivity contribution in [2.45, 2.75) is 38.2 Å². The molecule has 2 heterocycles. The van der Waals surface area contributed by atoms with Crippen LogP contribution in [0.5, 0.6) is 0 Å². The second-order valence-electron chi connectivity index (χ2n) is 6.70. The van der Waals surface area contributed by atoms with Gasteiger partial charge in [-0.15, -0.1) is 5.10 Å². The third kappa shape index (κ3) is 3.59. The van der Waals surface area contributed by atoms with E-state index in [4.69, 9.17) is 0 Å². The first kappa shape index (κ1) is 14.5. The van der Waals surface area contributed by atoms with Gasteiger partial charge in [-0.05, 0) is 26.7 Å². The van der Waals surface area contributed by atoms with E-state index in [-0.39, 0.29) is 11.7 Å². The second kappa shape index (κ2) is 5.38. The molecule has 7 nitrogen and oxygen atoms in total. The quantitative estimate of drug-likeness (QED) is 0.829. The van der Waals surface area contributed by atoms with Gasteiger partial charge >= 0.3 is 0 Å². The van der Waals surface area contributed by atoms with E-state index in [0.717, 1.165) is 31.8 Å².